The van der Waals surface area contributed by atoms with E-state index in [0.29, 0.717) is 11.6 Å². The van der Waals surface area contributed by atoms with E-state index in [9.17, 15) is 5.73 Å². The molecule has 20 heavy (non-hydrogen) atoms. The number of benzene rings is 1. The highest BCUT2D eigenvalue weighted by atomic mass is 16.5. The lowest BCUT2D eigenvalue weighted by Gasteiger charge is -2.32. The number of ether oxygens (including phenoxy) is 1. The van der Waals surface area contributed by atoms with E-state index in [-0.39, 0.29) is 5.69 Å². The first-order valence-corrected chi connectivity index (χ1v) is 7.54. The molecule has 0 N–H and O–H groups in total. The minimum Gasteiger partial charge on any atom is -0.378 e. The second-order valence-corrected chi connectivity index (χ2v) is 5.54. The van der Waals surface area contributed by atoms with Crippen molar-refractivity contribution in [2.24, 2.45) is 10.9 Å². The van der Waals surface area contributed by atoms with E-state index in [0.717, 1.165) is 32.1 Å². The standard InChI is InChI=1S/C16H21N3O/c17-14-7-3-4-8-15(14)18-16(13-5-1-2-6-13)19-9-11-20-12-10-19/h3-4,7-8,13H,1-2,5-6,9-12H2. The predicted molar refractivity (Wildman–Crippen MR) is 79.7 cm³/mol. The van der Waals surface area contributed by atoms with Crippen molar-refractivity contribution in [3.8, 4) is 0 Å². The van der Waals surface area contributed by atoms with Gasteiger partial charge in [0.15, 0.2) is 0 Å². The molecule has 2 fully saturated rings. The van der Waals surface area contributed by atoms with Crippen LogP contribution in [0.25, 0.3) is 0 Å². The number of hydrogen-bond acceptors (Lipinski definition) is 2. The zero-order valence-corrected chi connectivity index (χ0v) is 11.8. The van der Waals surface area contributed by atoms with E-state index in [1.165, 1.54) is 25.7 Å². The van der Waals surface area contributed by atoms with Crippen LogP contribution in [0.1, 0.15) is 25.7 Å². The number of para-hydroxylation sites is 1. The van der Waals surface area contributed by atoms with Crippen LogP contribution in [0.5, 0.6) is 0 Å². The SMILES string of the molecule is [N]c1ccccc1N=C(C1CCCC1)N1CCOCC1. The van der Waals surface area contributed by atoms with Crippen LogP contribution in [0, 0.1) is 5.92 Å². The molecule has 4 heteroatoms. The molecule has 0 amide bonds. The van der Waals surface area contributed by atoms with Crippen molar-refractivity contribution in [1.82, 2.24) is 10.6 Å². The van der Waals surface area contributed by atoms with Crippen LogP contribution in [0.2, 0.25) is 0 Å². The first-order chi connectivity index (χ1) is 9.84. The molecule has 3 rings (SSSR count). The van der Waals surface area contributed by atoms with Gasteiger partial charge in [0.2, 0.25) is 0 Å². The second-order valence-electron chi connectivity index (χ2n) is 5.54. The van der Waals surface area contributed by atoms with E-state index in [1.807, 2.05) is 18.2 Å². The maximum Gasteiger partial charge on any atom is 0.111 e. The Morgan fingerprint density at radius 2 is 1.85 bits per heavy atom. The number of rotatable bonds is 2. The van der Waals surface area contributed by atoms with Gasteiger partial charge < -0.3 is 9.64 Å². The summed E-state index contributed by atoms with van der Waals surface area (Å²) in [4.78, 5) is 7.14. The molecule has 1 aliphatic heterocycles. The maximum absolute atomic E-state index is 9.95. The molecule has 0 atom stereocenters. The zero-order valence-electron chi connectivity index (χ0n) is 11.8. The average Bonchev–Trinajstić information content (AvgIpc) is 3.01. The Hall–Kier alpha value is -1.55. The van der Waals surface area contributed by atoms with Crippen molar-refractivity contribution >= 4 is 17.2 Å². The Morgan fingerprint density at radius 1 is 1.15 bits per heavy atom. The fourth-order valence-corrected chi connectivity index (χ4v) is 3.08. The summed E-state index contributed by atoms with van der Waals surface area (Å²) < 4.78 is 5.44. The van der Waals surface area contributed by atoms with Crippen LogP contribution in [-0.4, -0.2) is 37.0 Å². The molecule has 1 heterocycles. The third kappa shape index (κ3) is 2.96. The van der Waals surface area contributed by atoms with E-state index in [1.54, 1.807) is 6.07 Å². The summed E-state index contributed by atoms with van der Waals surface area (Å²) >= 11 is 0. The van der Waals surface area contributed by atoms with Gasteiger partial charge in [-0.1, -0.05) is 25.0 Å². The zero-order chi connectivity index (χ0) is 13.8. The van der Waals surface area contributed by atoms with Gasteiger partial charge in [-0.3, -0.25) is 0 Å². The molecule has 1 aromatic carbocycles. The minimum absolute atomic E-state index is 0.260. The molecule has 1 saturated carbocycles. The molecule has 1 aliphatic carbocycles. The lowest BCUT2D eigenvalue weighted by atomic mass is 10.1. The minimum atomic E-state index is 0.260. The largest absolute Gasteiger partial charge is 0.378 e. The van der Waals surface area contributed by atoms with Crippen molar-refractivity contribution in [3.63, 3.8) is 0 Å². The van der Waals surface area contributed by atoms with Gasteiger partial charge in [0.1, 0.15) is 11.5 Å². The topological polar surface area (TPSA) is 47.1 Å². The molecule has 2 radical (unpaired) electrons. The van der Waals surface area contributed by atoms with Gasteiger partial charge in [0.25, 0.3) is 0 Å². The average molecular weight is 271 g/mol. The molecule has 106 valence electrons. The number of hydrogen-bond donors (Lipinski definition) is 0. The summed E-state index contributed by atoms with van der Waals surface area (Å²) in [5.41, 5.74) is 10.9. The molecule has 4 nitrogen and oxygen atoms in total. The molecule has 0 aromatic heterocycles. The number of aliphatic imine (C=N–C) groups is 1. The van der Waals surface area contributed by atoms with Crippen molar-refractivity contribution in [2.75, 3.05) is 26.3 Å². The summed E-state index contributed by atoms with van der Waals surface area (Å²) in [6.07, 6.45) is 5.00. The molecule has 0 spiro atoms. The third-order valence-corrected chi connectivity index (χ3v) is 4.17. The summed E-state index contributed by atoms with van der Waals surface area (Å²) in [7, 11) is 0. The van der Waals surface area contributed by atoms with Crippen LogP contribution in [0.3, 0.4) is 0 Å². The Bertz CT molecular complexity index is 474. The highest BCUT2D eigenvalue weighted by Gasteiger charge is 2.26. The van der Waals surface area contributed by atoms with Gasteiger partial charge >= 0.3 is 0 Å². The maximum atomic E-state index is 9.95. The Balaban J connectivity index is 1.89. The van der Waals surface area contributed by atoms with Gasteiger partial charge in [0, 0.05) is 19.0 Å². The van der Waals surface area contributed by atoms with E-state index in [4.69, 9.17) is 9.73 Å². The van der Waals surface area contributed by atoms with Gasteiger partial charge in [-0.15, -0.1) is 5.73 Å². The fraction of sp³-hybridized carbons (Fsp3) is 0.562. The van der Waals surface area contributed by atoms with Crippen LogP contribution < -0.4 is 5.73 Å². The van der Waals surface area contributed by atoms with Crippen LogP contribution in [-0.2, 0) is 4.74 Å². The summed E-state index contributed by atoms with van der Waals surface area (Å²) in [5, 5.41) is 0. The second kappa shape index (κ2) is 6.27. The van der Waals surface area contributed by atoms with Crippen LogP contribution in [0.4, 0.5) is 11.4 Å². The number of amidine groups is 1. The third-order valence-electron chi connectivity index (χ3n) is 4.17. The van der Waals surface area contributed by atoms with Crippen molar-refractivity contribution in [3.05, 3.63) is 24.3 Å². The Morgan fingerprint density at radius 3 is 2.55 bits per heavy atom. The van der Waals surface area contributed by atoms with Gasteiger partial charge in [-0.25, -0.2) is 4.99 Å². The summed E-state index contributed by atoms with van der Waals surface area (Å²) in [5.74, 6) is 1.68. The van der Waals surface area contributed by atoms with E-state index in [2.05, 4.69) is 4.90 Å². The molecule has 2 aliphatic rings. The Labute approximate surface area is 120 Å². The number of nitrogens with zero attached hydrogens (tertiary/aromatic N) is 3. The smallest absolute Gasteiger partial charge is 0.111 e. The summed E-state index contributed by atoms with van der Waals surface area (Å²) in [6.45, 7) is 3.35. The quantitative estimate of drug-likeness (QED) is 0.613. The van der Waals surface area contributed by atoms with E-state index >= 15 is 0 Å². The fourth-order valence-electron chi connectivity index (χ4n) is 3.08. The molecule has 0 unspecified atom stereocenters. The van der Waals surface area contributed by atoms with Crippen molar-refractivity contribution in [2.45, 2.75) is 25.7 Å². The molecule has 1 aromatic rings. The highest BCUT2D eigenvalue weighted by molar-refractivity contribution is 5.88. The van der Waals surface area contributed by atoms with Crippen LogP contribution >= 0.6 is 0 Å². The normalized spacial score (nSPS) is 21.4. The van der Waals surface area contributed by atoms with E-state index < -0.39 is 0 Å². The van der Waals surface area contributed by atoms with Gasteiger partial charge in [-0.2, -0.15) is 0 Å². The molecule has 0 bridgehead atoms. The molecular weight excluding hydrogens is 250 g/mol. The van der Waals surface area contributed by atoms with Gasteiger partial charge in [-0.05, 0) is 25.0 Å². The van der Waals surface area contributed by atoms with Crippen molar-refractivity contribution in [1.29, 1.82) is 0 Å². The molecular formula is C16H21N3O. The lowest BCUT2D eigenvalue weighted by Crippen LogP contribution is -2.43. The number of morpholine rings is 1. The molecule has 1 saturated heterocycles. The monoisotopic (exact) mass is 271 g/mol. The first-order valence-electron chi connectivity index (χ1n) is 7.54. The van der Waals surface area contributed by atoms with Gasteiger partial charge in [0.05, 0.1) is 18.9 Å². The van der Waals surface area contributed by atoms with Crippen LogP contribution in [0.15, 0.2) is 29.3 Å². The summed E-state index contributed by atoms with van der Waals surface area (Å²) in [6, 6.07) is 7.33. The predicted octanol–water partition coefficient (Wildman–Crippen LogP) is 2.94. The van der Waals surface area contributed by atoms with Crippen molar-refractivity contribution < 1.29 is 4.74 Å². The lowest BCUT2D eigenvalue weighted by molar-refractivity contribution is 0.0659. The Kier molecular flexibility index (Phi) is 4.21. The first kappa shape index (κ1) is 13.4. The highest BCUT2D eigenvalue weighted by Crippen LogP contribution is 2.31.